The van der Waals surface area contributed by atoms with Gasteiger partial charge >= 0.3 is 6.01 Å². The maximum atomic E-state index is 17.0. The molecule has 2 aromatic carbocycles. The van der Waals surface area contributed by atoms with Gasteiger partial charge in [0.15, 0.2) is 5.82 Å². The molecular weight excluding hydrogens is 621 g/mol. The first-order valence-corrected chi connectivity index (χ1v) is 16.3. The van der Waals surface area contributed by atoms with Crippen LogP contribution in [0.25, 0.3) is 32.9 Å². The molecule has 250 valence electrons. The highest BCUT2D eigenvalue weighted by atomic mass is 19.1. The molecule has 0 radical (unpaired) electrons. The normalized spacial score (nSPS) is 28.6. The summed E-state index contributed by atoms with van der Waals surface area (Å²) in [4.78, 5) is 17.9. The van der Waals surface area contributed by atoms with E-state index in [1.807, 2.05) is 4.90 Å². The summed E-state index contributed by atoms with van der Waals surface area (Å²) in [5.41, 5.74) is -1.62. The Morgan fingerprint density at radius 1 is 1.25 bits per heavy atom. The van der Waals surface area contributed by atoms with Crippen LogP contribution in [0, 0.1) is 24.0 Å². The first-order valence-electron chi connectivity index (χ1n) is 17.8. The van der Waals surface area contributed by atoms with E-state index >= 15 is 4.39 Å². The molecule has 4 aliphatic heterocycles. The third-order valence-electron chi connectivity index (χ3n) is 10.9. The van der Waals surface area contributed by atoms with Gasteiger partial charge in [0.25, 0.3) is 0 Å². The largest absolute Gasteiger partial charge is 0.508 e. The molecule has 48 heavy (non-hydrogen) atoms. The van der Waals surface area contributed by atoms with Crippen molar-refractivity contribution >= 4 is 27.5 Å². The second-order valence-corrected chi connectivity index (χ2v) is 13.7. The van der Waals surface area contributed by atoms with E-state index in [-0.39, 0.29) is 57.5 Å². The molecule has 1 unspecified atom stereocenters. The van der Waals surface area contributed by atoms with Crippen molar-refractivity contribution in [3.63, 3.8) is 0 Å². The lowest BCUT2D eigenvalue weighted by atomic mass is 9.90. The van der Waals surface area contributed by atoms with Gasteiger partial charge in [0.05, 0.1) is 32.2 Å². The SMILES string of the molecule is [2H]C([2H])([2H])OC(C)[C@@]12CC[C@@H](CN(c3nc(OC[C@@]45CCCN4C[C@H](F)C5)nc4c(F)c(-c5cc(O)cc6ccc(F)c(C#C)c56)ncc34)C1)N2. The molecule has 2 aromatic heterocycles. The summed E-state index contributed by atoms with van der Waals surface area (Å²) in [5.74, 6) is 0.942. The standard InChI is InChI=1S/C36H37F3N6O3/c1-4-25-28(38)7-6-21-12-24(46)13-26(29(21)25)31-30(39)32-27(15-40-31)33(44-17-23-8-10-36(18-44,43-23)20(2)47-3)42-34(41-32)48-19-35-9-5-11-45(35)16-22(37)14-35/h1,6-7,12-13,15,20,22-23,43,46H,5,8-11,14,16-19H2,2-3H3/t20?,22-,23+,35+,36-/m1/s1/i3D3. The number of halogens is 3. The number of aromatic nitrogens is 3. The molecule has 2 bridgehead atoms. The number of alkyl halides is 1. The molecule has 0 spiro atoms. The number of ether oxygens (including phenoxy) is 2. The van der Waals surface area contributed by atoms with Gasteiger partial charge in [0.2, 0.25) is 0 Å². The van der Waals surface area contributed by atoms with Gasteiger partial charge in [-0.3, -0.25) is 9.88 Å². The number of aromatic hydroxyl groups is 1. The van der Waals surface area contributed by atoms with Crippen LogP contribution in [0.15, 0.2) is 30.5 Å². The van der Waals surface area contributed by atoms with Crippen molar-refractivity contribution < 1.29 is 31.9 Å². The van der Waals surface area contributed by atoms with Crippen LogP contribution in [0.2, 0.25) is 0 Å². The van der Waals surface area contributed by atoms with Gasteiger partial charge in [-0.05, 0) is 62.7 Å². The van der Waals surface area contributed by atoms with Crippen molar-refractivity contribution in [3.05, 3.63) is 47.7 Å². The fraction of sp³-hybridized carbons (Fsp3) is 0.472. The Labute approximate surface area is 280 Å². The van der Waals surface area contributed by atoms with Crippen LogP contribution in [0.3, 0.4) is 0 Å². The lowest BCUT2D eigenvalue weighted by Gasteiger charge is -2.44. The Morgan fingerprint density at radius 2 is 2.12 bits per heavy atom. The quantitative estimate of drug-likeness (QED) is 0.262. The van der Waals surface area contributed by atoms with Gasteiger partial charge in [-0.15, -0.1) is 6.42 Å². The number of hydrogen-bond donors (Lipinski definition) is 2. The summed E-state index contributed by atoms with van der Waals surface area (Å²) in [7, 11) is -2.60. The second-order valence-electron chi connectivity index (χ2n) is 13.7. The zero-order valence-corrected chi connectivity index (χ0v) is 26.4. The van der Waals surface area contributed by atoms with Gasteiger partial charge in [0, 0.05) is 56.3 Å². The number of phenolic OH excluding ortho intramolecular Hbond substituents is 1. The summed E-state index contributed by atoms with van der Waals surface area (Å²) in [6, 6.07) is 5.18. The van der Waals surface area contributed by atoms with Gasteiger partial charge in [-0.2, -0.15) is 9.97 Å². The number of piperazine rings is 1. The molecule has 0 saturated carbocycles. The Kier molecular flexibility index (Phi) is 6.63. The van der Waals surface area contributed by atoms with Crippen LogP contribution in [0.1, 0.15) is 48.7 Å². The fourth-order valence-electron chi connectivity index (χ4n) is 8.55. The third kappa shape index (κ3) is 4.85. The number of rotatable bonds is 7. The Morgan fingerprint density at radius 3 is 2.96 bits per heavy atom. The average Bonchev–Trinajstić information content (AvgIpc) is 3.71. The number of pyridine rings is 1. The molecule has 9 nitrogen and oxygen atoms in total. The lowest BCUT2D eigenvalue weighted by Crippen LogP contribution is -2.64. The van der Waals surface area contributed by atoms with E-state index in [1.165, 1.54) is 30.5 Å². The van der Waals surface area contributed by atoms with Crippen LogP contribution < -0.4 is 15.0 Å². The molecule has 2 N–H and O–H groups in total. The minimum atomic E-state index is -2.60. The molecular formula is C36H37F3N6O3. The van der Waals surface area contributed by atoms with E-state index in [0.29, 0.717) is 43.7 Å². The molecule has 4 fully saturated rings. The van der Waals surface area contributed by atoms with Crippen molar-refractivity contribution in [2.24, 2.45) is 0 Å². The van der Waals surface area contributed by atoms with Gasteiger partial charge in [-0.1, -0.05) is 12.0 Å². The monoisotopic (exact) mass is 661 g/mol. The molecule has 5 atom stereocenters. The van der Waals surface area contributed by atoms with Gasteiger partial charge < -0.3 is 24.8 Å². The van der Waals surface area contributed by atoms with Crippen LogP contribution in [-0.4, -0.2) is 94.2 Å². The van der Waals surface area contributed by atoms with E-state index in [1.54, 1.807) is 6.92 Å². The maximum Gasteiger partial charge on any atom is 0.319 e. The van der Waals surface area contributed by atoms with Crippen LogP contribution in [0.4, 0.5) is 19.0 Å². The van der Waals surface area contributed by atoms with E-state index in [4.69, 9.17) is 25.0 Å². The van der Waals surface area contributed by atoms with Crippen LogP contribution >= 0.6 is 0 Å². The minimum Gasteiger partial charge on any atom is -0.508 e. The van der Waals surface area contributed by atoms with E-state index in [0.717, 1.165) is 25.8 Å². The average molecular weight is 662 g/mol. The molecule has 4 aliphatic rings. The summed E-state index contributed by atoms with van der Waals surface area (Å²) in [5, 5.41) is 15.0. The number of fused-ring (bicyclic) bond motifs is 5. The van der Waals surface area contributed by atoms with Crippen LogP contribution in [-0.2, 0) is 4.74 Å². The minimum absolute atomic E-state index is 0.0329. The third-order valence-corrected chi connectivity index (χ3v) is 10.9. The van der Waals surface area contributed by atoms with Crippen molar-refractivity contribution in [3.8, 4) is 35.4 Å². The highest BCUT2D eigenvalue weighted by Gasteiger charge is 2.50. The van der Waals surface area contributed by atoms with Gasteiger partial charge in [0.1, 0.15) is 41.4 Å². The van der Waals surface area contributed by atoms with Crippen LogP contribution in [0.5, 0.6) is 11.8 Å². The first-order chi connectivity index (χ1) is 24.3. The molecule has 8 rings (SSSR count). The second kappa shape index (κ2) is 11.5. The summed E-state index contributed by atoms with van der Waals surface area (Å²) in [6.45, 7) is 3.69. The molecule has 4 aromatic rings. The fourth-order valence-corrected chi connectivity index (χ4v) is 8.55. The highest BCUT2D eigenvalue weighted by molar-refractivity contribution is 6.03. The first kappa shape index (κ1) is 27.7. The maximum absolute atomic E-state index is 17.0. The van der Waals surface area contributed by atoms with Crippen molar-refractivity contribution in [2.75, 3.05) is 44.7 Å². The van der Waals surface area contributed by atoms with E-state index in [2.05, 4.69) is 26.1 Å². The summed E-state index contributed by atoms with van der Waals surface area (Å²) >= 11 is 0. The molecule has 4 saturated heterocycles. The van der Waals surface area contributed by atoms with E-state index in [9.17, 15) is 13.9 Å². The smallest absolute Gasteiger partial charge is 0.319 e. The number of methoxy groups -OCH3 is 1. The zero-order valence-electron chi connectivity index (χ0n) is 29.4. The molecule has 0 aliphatic carbocycles. The van der Waals surface area contributed by atoms with Crippen molar-refractivity contribution in [2.45, 2.75) is 68.4 Å². The molecule has 0 amide bonds. The van der Waals surface area contributed by atoms with Gasteiger partial charge in [-0.25, -0.2) is 13.2 Å². The summed E-state index contributed by atoms with van der Waals surface area (Å²) < 4.78 is 81.4. The Bertz CT molecular complexity index is 2100. The number of hydrogen-bond acceptors (Lipinski definition) is 9. The highest BCUT2D eigenvalue weighted by Crippen LogP contribution is 2.43. The lowest BCUT2D eigenvalue weighted by molar-refractivity contribution is 0.0350. The number of anilines is 1. The number of benzene rings is 2. The predicted molar refractivity (Wildman–Crippen MR) is 176 cm³/mol. The topological polar surface area (TPSA) is 95.9 Å². The Hall–Kier alpha value is -4.18. The Balaban J connectivity index is 1.26. The number of nitrogens with one attached hydrogen (secondary N) is 1. The predicted octanol–water partition coefficient (Wildman–Crippen LogP) is 5.11. The molecule has 12 heteroatoms. The number of terminal acetylenes is 1. The molecule has 6 heterocycles. The van der Waals surface area contributed by atoms with Crippen molar-refractivity contribution in [1.82, 2.24) is 25.2 Å². The van der Waals surface area contributed by atoms with Crippen molar-refractivity contribution in [1.29, 1.82) is 0 Å². The number of phenols is 1. The zero-order chi connectivity index (χ0) is 35.9. The number of nitrogens with zero attached hydrogens (tertiary/aromatic N) is 5. The van der Waals surface area contributed by atoms with E-state index < -0.39 is 42.0 Å². The summed E-state index contributed by atoms with van der Waals surface area (Å²) in [6.07, 6.45) is 8.83.